The van der Waals surface area contributed by atoms with E-state index in [1.54, 1.807) is 14.2 Å². The molecule has 0 radical (unpaired) electrons. The van der Waals surface area contributed by atoms with Crippen molar-refractivity contribution in [2.45, 2.75) is 24.6 Å². The summed E-state index contributed by atoms with van der Waals surface area (Å²) in [6.45, 7) is 1.69. The summed E-state index contributed by atoms with van der Waals surface area (Å²) in [5.41, 5.74) is 1.13. The minimum Gasteiger partial charge on any atom is -0.496 e. The van der Waals surface area contributed by atoms with Gasteiger partial charge in [0.2, 0.25) is 0 Å². The van der Waals surface area contributed by atoms with Crippen LogP contribution >= 0.6 is 11.8 Å². The van der Waals surface area contributed by atoms with Crippen molar-refractivity contribution in [3.63, 3.8) is 0 Å². The first kappa shape index (κ1) is 15.0. The van der Waals surface area contributed by atoms with E-state index in [1.165, 1.54) is 18.6 Å². The summed E-state index contributed by atoms with van der Waals surface area (Å²) in [5.74, 6) is 3.05. The number of hydrogen-bond acceptors (Lipinski definition) is 3. The molecule has 4 nitrogen and oxygen atoms in total. The topological polar surface area (TPSA) is 45.7 Å². The molecule has 0 aromatic heterocycles. The van der Waals surface area contributed by atoms with Gasteiger partial charge in [0, 0.05) is 31.0 Å². The number of nitrogens with zero attached hydrogens (tertiary/aromatic N) is 1. The van der Waals surface area contributed by atoms with E-state index in [0.29, 0.717) is 6.54 Å². The predicted molar refractivity (Wildman–Crippen MR) is 86.7 cm³/mol. The number of para-hydroxylation sites is 1. The van der Waals surface area contributed by atoms with Crippen molar-refractivity contribution in [1.82, 2.24) is 10.6 Å². The van der Waals surface area contributed by atoms with Crippen molar-refractivity contribution in [3.8, 4) is 5.75 Å². The number of aliphatic imine (C=N–C) groups is 1. The van der Waals surface area contributed by atoms with Gasteiger partial charge < -0.3 is 15.4 Å². The van der Waals surface area contributed by atoms with Gasteiger partial charge in [-0.3, -0.25) is 4.99 Å². The molecule has 2 N–H and O–H groups in total. The van der Waals surface area contributed by atoms with E-state index in [0.717, 1.165) is 29.1 Å². The second-order valence-corrected chi connectivity index (χ2v) is 6.16. The first-order chi connectivity index (χ1) is 9.83. The zero-order chi connectivity index (χ0) is 14.2. The molecule has 1 aliphatic rings. The van der Waals surface area contributed by atoms with Gasteiger partial charge in [0.1, 0.15) is 5.75 Å². The number of benzene rings is 1. The molecular formula is C15H23N3OS. The summed E-state index contributed by atoms with van der Waals surface area (Å²) in [4.78, 5) is 4.26. The summed E-state index contributed by atoms with van der Waals surface area (Å²) < 4.78 is 5.35. The van der Waals surface area contributed by atoms with E-state index in [-0.39, 0.29) is 0 Å². The molecule has 1 aromatic rings. The molecule has 1 aromatic carbocycles. The van der Waals surface area contributed by atoms with Crippen molar-refractivity contribution >= 4 is 17.7 Å². The van der Waals surface area contributed by atoms with Gasteiger partial charge in [0.05, 0.1) is 7.11 Å². The monoisotopic (exact) mass is 293 g/mol. The van der Waals surface area contributed by atoms with Crippen LogP contribution in [0.4, 0.5) is 0 Å². The second-order valence-electron chi connectivity index (χ2n) is 4.75. The number of rotatable bonds is 5. The molecule has 0 amide bonds. The average Bonchev–Trinajstić information content (AvgIpc) is 3.01. The van der Waals surface area contributed by atoms with Crippen LogP contribution in [-0.4, -0.2) is 37.7 Å². The number of guanidine groups is 1. The van der Waals surface area contributed by atoms with Gasteiger partial charge in [-0.15, -0.1) is 0 Å². The Balaban J connectivity index is 1.81. The highest BCUT2D eigenvalue weighted by Gasteiger charge is 2.15. The molecule has 0 spiro atoms. The van der Waals surface area contributed by atoms with E-state index in [9.17, 15) is 0 Å². The minimum absolute atomic E-state index is 0.710. The van der Waals surface area contributed by atoms with E-state index >= 15 is 0 Å². The van der Waals surface area contributed by atoms with E-state index in [2.05, 4.69) is 33.5 Å². The van der Waals surface area contributed by atoms with Crippen LogP contribution in [0.1, 0.15) is 18.4 Å². The highest BCUT2D eigenvalue weighted by atomic mass is 32.2. The van der Waals surface area contributed by atoms with Crippen molar-refractivity contribution in [2.75, 3.05) is 26.5 Å². The Morgan fingerprint density at radius 2 is 2.25 bits per heavy atom. The molecule has 1 fully saturated rings. The quantitative estimate of drug-likeness (QED) is 0.646. The van der Waals surface area contributed by atoms with Crippen LogP contribution in [-0.2, 0) is 6.54 Å². The molecule has 0 bridgehead atoms. The van der Waals surface area contributed by atoms with Crippen molar-refractivity contribution in [3.05, 3.63) is 29.8 Å². The van der Waals surface area contributed by atoms with Gasteiger partial charge >= 0.3 is 0 Å². The second kappa shape index (κ2) is 8.04. The lowest BCUT2D eigenvalue weighted by atomic mass is 10.2. The lowest BCUT2D eigenvalue weighted by molar-refractivity contribution is 0.409. The van der Waals surface area contributed by atoms with Crippen LogP contribution in [0.3, 0.4) is 0 Å². The fraction of sp³-hybridized carbons (Fsp3) is 0.533. The lowest BCUT2D eigenvalue weighted by Crippen LogP contribution is -2.39. The Morgan fingerprint density at radius 3 is 2.95 bits per heavy atom. The highest BCUT2D eigenvalue weighted by molar-refractivity contribution is 8.00. The van der Waals surface area contributed by atoms with Gasteiger partial charge in [0.15, 0.2) is 5.96 Å². The normalized spacial score (nSPS) is 18.9. The minimum atomic E-state index is 0.710. The van der Waals surface area contributed by atoms with Crippen molar-refractivity contribution in [1.29, 1.82) is 0 Å². The Morgan fingerprint density at radius 1 is 1.40 bits per heavy atom. The Kier molecular flexibility index (Phi) is 6.05. The van der Waals surface area contributed by atoms with Gasteiger partial charge in [-0.1, -0.05) is 18.2 Å². The standard InChI is InChI=1S/C15H23N3OS/c1-16-15(18-11-13-7-5-9-20-13)17-10-12-6-3-4-8-14(12)19-2/h3-4,6,8,13H,5,7,9-11H2,1-2H3,(H2,16,17,18). The molecule has 110 valence electrons. The highest BCUT2D eigenvalue weighted by Crippen LogP contribution is 2.25. The fourth-order valence-corrected chi connectivity index (χ4v) is 3.47. The van der Waals surface area contributed by atoms with Gasteiger partial charge in [0.25, 0.3) is 0 Å². The molecule has 2 rings (SSSR count). The molecule has 1 heterocycles. The Labute approximate surface area is 125 Å². The molecule has 5 heteroatoms. The largest absolute Gasteiger partial charge is 0.496 e. The van der Waals surface area contributed by atoms with E-state index < -0.39 is 0 Å². The van der Waals surface area contributed by atoms with Gasteiger partial charge in [-0.2, -0.15) is 11.8 Å². The summed E-state index contributed by atoms with van der Waals surface area (Å²) in [7, 11) is 3.50. The average molecular weight is 293 g/mol. The number of nitrogens with one attached hydrogen (secondary N) is 2. The predicted octanol–water partition coefficient (Wildman–Crippen LogP) is 2.26. The van der Waals surface area contributed by atoms with E-state index in [4.69, 9.17) is 4.74 Å². The number of ether oxygens (including phenoxy) is 1. The van der Waals surface area contributed by atoms with Crippen LogP contribution in [0.2, 0.25) is 0 Å². The molecule has 20 heavy (non-hydrogen) atoms. The molecule has 1 aliphatic heterocycles. The Hall–Kier alpha value is -1.36. The zero-order valence-electron chi connectivity index (χ0n) is 12.2. The number of methoxy groups -OCH3 is 1. The van der Waals surface area contributed by atoms with Crippen molar-refractivity contribution < 1.29 is 4.74 Å². The van der Waals surface area contributed by atoms with Gasteiger partial charge in [-0.05, 0) is 24.7 Å². The smallest absolute Gasteiger partial charge is 0.191 e. The first-order valence-corrected chi connectivity index (χ1v) is 8.06. The van der Waals surface area contributed by atoms with Crippen LogP contribution in [0.5, 0.6) is 5.75 Å². The van der Waals surface area contributed by atoms with Gasteiger partial charge in [-0.25, -0.2) is 0 Å². The maximum atomic E-state index is 5.35. The third-order valence-electron chi connectivity index (χ3n) is 3.38. The third-order valence-corrected chi connectivity index (χ3v) is 4.78. The molecule has 0 aliphatic carbocycles. The molecule has 1 saturated heterocycles. The van der Waals surface area contributed by atoms with E-state index in [1.807, 2.05) is 18.2 Å². The Bertz CT molecular complexity index is 444. The maximum Gasteiger partial charge on any atom is 0.191 e. The van der Waals surface area contributed by atoms with Crippen LogP contribution in [0, 0.1) is 0 Å². The third kappa shape index (κ3) is 4.34. The summed E-state index contributed by atoms with van der Waals surface area (Å²) in [6.07, 6.45) is 2.64. The van der Waals surface area contributed by atoms with Crippen LogP contribution < -0.4 is 15.4 Å². The fourth-order valence-electron chi connectivity index (χ4n) is 2.26. The molecule has 1 unspecified atom stereocenters. The molecular weight excluding hydrogens is 270 g/mol. The summed E-state index contributed by atoms with van der Waals surface area (Å²) in [6, 6.07) is 8.03. The summed E-state index contributed by atoms with van der Waals surface area (Å²) >= 11 is 2.05. The summed E-state index contributed by atoms with van der Waals surface area (Å²) in [5, 5.41) is 7.45. The molecule has 0 saturated carbocycles. The van der Waals surface area contributed by atoms with Crippen molar-refractivity contribution in [2.24, 2.45) is 4.99 Å². The maximum absolute atomic E-state index is 5.35. The molecule has 1 atom stereocenters. The van der Waals surface area contributed by atoms with Crippen LogP contribution in [0.15, 0.2) is 29.3 Å². The zero-order valence-corrected chi connectivity index (χ0v) is 13.0. The lowest BCUT2D eigenvalue weighted by Gasteiger charge is -2.15. The number of thioether (sulfide) groups is 1. The first-order valence-electron chi connectivity index (χ1n) is 7.01. The van der Waals surface area contributed by atoms with Crippen LogP contribution in [0.25, 0.3) is 0 Å². The number of hydrogen-bond donors (Lipinski definition) is 2. The SMILES string of the molecule is CN=C(NCc1ccccc1OC)NCC1CCCS1.